The predicted molar refractivity (Wildman–Crippen MR) is 82.2 cm³/mol. The Kier molecular flexibility index (Phi) is 5.80. The third kappa shape index (κ3) is 5.78. The largest absolute Gasteiger partial charge is 0.469 e. The lowest BCUT2D eigenvalue weighted by molar-refractivity contribution is 0.429. The van der Waals surface area contributed by atoms with Crippen LogP contribution in [0.15, 0.2) is 22.8 Å². The number of hydrogen-bond donors (Lipinski definition) is 2. The molecule has 1 aromatic heterocycles. The van der Waals surface area contributed by atoms with Crippen molar-refractivity contribution >= 4 is 10.2 Å². The van der Waals surface area contributed by atoms with Gasteiger partial charge in [0.05, 0.1) is 6.26 Å². The van der Waals surface area contributed by atoms with Crippen molar-refractivity contribution in [3.8, 4) is 0 Å². The molecule has 1 aromatic rings. The molecule has 0 aromatic carbocycles. The molecule has 1 aliphatic carbocycles. The fourth-order valence-corrected chi connectivity index (χ4v) is 3.27. The lowest BCUT2D eigenvalue weighted by Gasteiger charge is -2.20. The quantitative estimate of drug-likeness (QED) is 0.635. The highest BCUT2D eigenvalue weighted by Crippen LogP contribution is 2.18. The molecule has 0 bridgehead atoms. The zero-order chi connectivity index (χ0) is 15.3. The van der Waals surface area contributed by atoms with Crippen LogP contribution in [-0.4, -0.2) is 44.9 Å². The van der Waals surface area contributed by atoms with E-state index in [9.17, 15) is 8.42 Å². The van der Waals surface area contributed by atoms with Crippen LogP contribution in [0.1, 0.15) is 31.9 Å². The molecule has 0 saturated heterocycles. The van der Waals surface area contributed by atoms with Gasteiger partial charge in [-0.05, 0) is 44.9 Å². The average Bonchev–Trinajstić information content (AvgIpc) is 3.10. The Balaban J connectivity index is 1.70. The van der Waals surface area contributed by atoms with Crippen LogP contribution in [-0.2, 0) is 16.6 Å². The smallest absolute Gasteiger partial charge is 0.279 e. The van der Waals surface area contributed by atoms with Crippen LogP contribution in [0.3, 0.4) is 0 Å². The van der Waals surface area contributed by atoms with E-state index in [-0.39, 0.29) is 6.04 Å². The van der Waals surface area contributed by atoms with Crippen molar-refractivity contribution in [2.45, 2.75) is 44.7 Å². The van der Waals surface area contributed by atoms with E-state index in [0.29, 0.717) is 19.0 Å². The van der Waals surface area contributed by atoms with Crippen molar-refractivity contribution in [1.29, 1.82) is 0 Å². The van der Waals surface area contributed by atoms with E-state index in [2.05, 4.69) is 10.0 Å². The third-order valence-corrected chi connectivity index (χ3v) is 5.21. The molecule has 1 aliphatic rings. The average molecular weight is 315 g/mol. The van der Waals surface area contributed by atoms with E-state index >= 15 is 0 Å². The van der Waals surface area contributed by atoms with Gasteiger partial charge >= 0.3 is 0 Å². The lowest BCUT2D eigenvalue weighted by Crippen LogP contribution is -2.44. The van der Waals surface area contributed by atoms with Gasteiger partial charge in [-0.3, -0.25) is 0 Å². The van der Waals surface area contributed by atoms with E-state index in [0.717, 1.165) is 18.7 Å². The number of nitrogens with one attached hydrogen (secondary N) is 2. The van der Waals surface area contributed by atoms with Crippen molar-refractivity contribution in [3.05, 3.63) is 24.2 Å². The summed E-state index contributed by atoms with van der Waals surface area (Å²) in [6.07, 6.45) is 5.46. The van der Waals surface area contributed by atoms with Crippen molar-refractivity contribution in [3.63, 3.8) is 0 Å². The molecule has 21 heavy (non-hydrogen) atoms. The highest BCUT2D eigenvalue weighted by molar-refractivity contribution is 7.87. The fourth-order valence-electron chi connectivity index (χ4n) is 2.13. The zero-order valence-corrected chi connectivity index (χ0v) is 13.5. The molecule has 0 aliphatic heterocycles. The Bertz CT molecular complexity index is 512. The minimum absolute atomic E-state index is 0.201. The summed E-state index contributed by atoms with van der Waals surface area (Å²) < 4.78 is 33.6. The van der Waals surface area contributed by atoms with Crippen LogP contribution < -0.4 is 10.0 Å². The van der Waals surface area contributed by atoms with E-state index < -0.39 is 10.2 Å². The van der Waals surface area contributed by atoms with Crippen LogP contribution in [0.4, 0.5) is 0 Å². The zero-order valence-electron chi connectivity index (χ0n) is 12.7. The second-order valence-electron chi connectivity index (χ2n) is 5.71. The van der Waals surface area contributed by atoms with Gasteiger partial charge in [0.2, 0.25) is 0 Å². The Hall–Kier alpha value is -0.890. The second-order valence-corrected chi connectivity index (χ2v) is 7.52. The Morgan fingerprint density at radius 2 is 2.24 bits per heavy atom. The predicted octanol–water partition coefficient (Wildman–Crippen LogP) is 1.12. The molecule has 2 N–H and O–H groups in total. The van der Waals surface area contributed by atoms with Gasteiger partial charge in [0, 0.05) is 32.1 Å². The molecule has 0 amide bonds. The maximum atomic E-state index is 12.2. The van der Waals surface area contributed by atoms with E-state index in [1.165, 1.54) is 17.1 Å². The van der Waals surface area contributed by atoms with Crippen LogP contribution in [0, 0.1) is 0 Å². The second kappa shape index (κ2) is 7.40. The summed E-state index contributed by atoms with van der Waals surface area (Å²) in [5, 5.41) is 3.38. The van der Waals surface area contributed by atoms with Gasteiger partial charge in [-0.2, -0.15) is 17.4 Å². The summed E-state index contributed by atoms with van der Waals surface area (Å²) in [5.41, 5.74) is 0. The van der Waals surface area contributed by atoms with Gasteiger partial charge in [-0.15, -0.1) is 0 Å². The first-order chi connectivity index (χ1) is 9.97. The van der Waals surface area contributed by atoms with Crippen LogP contribution in [0.2, 0.25) is 0 Å². The summed E-state index contributed by atoms with van der Waals surface area (Å²) in [7, 11) is -1.82. The molecule has 1 unspecified atom stereocenters. The minimum Gasteiger partial charge on any atom is -0.469 e. The van der Waals surface area contributed by atoms with Gasteiger partial charge in [-0.25, -0.2) is 0 Å². The fraction of sp³-hybridized carbons (Fsp3) is 0.714. The van der Waals surface area contributed by atoms with Gasteiger partial charge < -0.3 is 9.73 Å². The summed E-state index contributed by atoms with van der Waals surface area (Å²) in [6, 6.07) is 4.11. The van der Waals surface area contributed by atoms with Crippen molar-refractivity contribution in [1.82, 2.24) is 14.3 Å². The number of hydrogen-bond acceptors (Lipinski definition) is 4. The number of nitrogens with zero attached hydrogens (tertiary/aromatic N) is 1. The van der Waals surface area contributed by atoms with Crippen LogP contribution in [0.25, 0.3) is 0 Å². The van der Waals surface area contributed by atoms with Crippen molar-refractivity contribution in [2.24, 2.45) is 0 Å². The molecule has 1 saturated carbocycles. The highest BCUT2D eigenvalue weighted by Gasteiger charge is 2.22. The Morgan fingerprint density at radius 1 is 1.48 bits per heavy atom. The summed E-state index contributed by atoms with van der Waals surface area (Å²) in [4.78, 5) is 0. The van der Waals surface area contributed by atoms with Crippen molar-refractivity contribution in [2.75, 3.05) is 20.1 Å². The number of rotatable bonds is 10. The molecule has 2 rings (SSSR count). The molecule has 1 atom stereocenters. The molecule has 1 heterocycles. The summed E-state index contributed by atoms with van der Waals surface area (Å²) in [5.74, 6) is 0.779. The van der Waals surface area contributed by atoms with Gasteiger partial charge in [-0.1, -0.05) is 0 Å². The van der Waals surface area contributed by atoms with E-state index in [4.69, 9.17) is 4.42 Å². The van der Waals surface area contributed by atoms with E-state index in [1.807, 2.05) is 13.0 Å². The SMILES string of the molecule is CC(Cc1ccco1)NS(=O)(=O)N(C)CCCNC1CC1. The van der Waals surface area contributed by atoms with Crippen LogP contribution in [0.5, 0.6) is 0 Å². The van der Waals surface area contributed by atoms with Gasteiger partial charge in [0.1, 0.15) is 5.76 Å². The molecule has 6 nitrogen and oxygen atoms in total. The minimum atomic E-state index is -3.43. The Morgan fingerprint density at radius 3 is 2.86 bits per heavy atom. The Labute approximate surface area is 127 Å². The first-order valence-corrected chi connectivity index (χ1v) is 8.91. The van der Waals surface area contributed by atoms with Crippen molar-refractivity contribution < 1.29 is 12.8 Å². The number of furan rings is 1. The normalized spacial score (nSPS) is 17.3. The standard InChI is InChI=1S/C14H25N3O3S/c1-12(11-14-5-3-10-20-14)16-21(18,19)17(2)9-4-8-15-13-6-7-13/h3,5,10,12-13,15-16H,4,6-9,11H2,1-2H3. The molecular formula is C14H25N3O3S. The molecule has 7 heteroatoms. The third-order valence-electron chi connectivity index (χ3n) is 3.51. The molecule has 120 valence electrons. The molecule has 1 fully saturated rings. The molecular weight excluding hydrogens is 290 g/mol. The highest BCUT2D eigenvalue weighted by atomic mass is 32.2. The molecule has 0 radical (unpaired) electrons. The topological polar surface area (TPSA) is 74.6 Å². The molecule has 0 spiro atoms. The first-order valence-electron chi connectivity index (χ1n) is 7.47. The maximum Gasteiger partial charge on any atom is 0.279 e. The monoisotopic (exact) mass is 315 g/mol. The summed E-state index contributed by atoms with van der Waals surface area (Å²) in [6.45, 7) is 3.22. The first kappa shape index (κ1) is 16.5. The van der Waals surface area contributed by atoms with Crippen LogP contribution >= 0.6 is 0 Å². The van der Waals surface area contributed by atoms with Gasteiger partial charge in [0.15, 0.2) is 0 Å². The summed E-state index contributed by atoms with van der Waals surface area (Å²) >= 11 is 0. The lowest BCUT2D eigenvalue weighted by atomic mass is 10.2. The maximum absolute atomic E-state index is 12.2. The van der Waals surface area contributed by atoms with E-state index in [1.54, 1.807) is 19.4 Å². The van der Waals surface area contributed by atoms with Gasteiger partial charge in [0.25, 0.3) is 10.2 Å².